The molecule has 10 heavy (non-hydrogen) atoms. The maximum atomic E-state index is 10.7. The molecule has 0 aromatic carbocycles. The Morgan fingerprint density at radius 2 is 1.80 bits per heavy atom. The summed E-state index contributed by atoms with van der Waals surface area (Å²) >= 11 is 5.65. The molecule has 0 spiro atoms. The molecule has 0 atom stereocenters. The van der Waals surface area contributed by atoms with Gasteiger partial charge in [-0.05, 0) is 0 Å². The van der Waals surface area contributed by atoms with Gasteiger partial charge in [0.25, 0.3) is 5.91 Å². The molecule has 0 saturated carbocycles. The third-order valence-corrected chi connectivity index (χ3v) is 2.12. The molecule has 61 valence electrons. The zero-order valence-corrected chi connectivity index (χ0v) is 9.81. The molecule has 1 rings (SSSR count). The van der Waals surface area contributed by atoms with Crippen molar-refractivity contribution in [1.29, 1.82) is 0 Å². The first kappa shape index (κ1) is 10.6. The van der Waals surface area contributed by atoms with Crippen LogP contribution in [0.4, 0.5) is 4.79 Å². The molecule has 1 radical (unpaired) electrons. The largest absolute Gasteiger partial charge is 0.347 e. The predicted octanol–water partition coefficient (Wildman–Crippen LogP) is 0.868. The minimum atomic E-state index is -0.389. The normalized spacial score (nSPS) is 17.8. The van der Waals surface area contributed by atoms with Gasteiger partial charge in [0.1, 0.15) is 6.54 Å². The number of halogens is 2. The first-order chi connectivity index (χ1) is 4.13. The molecule has 1 saturated heterocycles. The Balaban J connectivity index is 0.000000810. The summed E-state index contributed by atoms with van der Waals surface area (Å²) in [6.07, 6.45) is 0. The molecule has 0 N–H and O–H groups in total. The standard InChI is InChI=1S/C3H2Br2N2O2.Au/c4-6-1-2(8)7(5)3(6)9;/h1H2;. The zero-order chi connectivity index (χ0) is 7.02. The van der Waals surface area contributed by atoms with Crippen LogP contribution >= 0.6 is 32.3 Å². The van der Waals surface area contributed by atoms with Gasteiger partial charge in [-0.15, -0.1) is 0 Å². The van der Waals surface area contributed by atoms with E-state index in [1.165, 1.54) is 0 Å². The molecule has 1 heterocycles. The van der Waals surface area contributed by atoms with Crippen molar-refractivity contribution in [1.82, 2.24) is 7.85 Å². The van der Waals surface area contributed by atoms with Crippen LogP contribution in [-0.2, 0) is 27.2 Å². The number of imide groups is 1. The first-order valence-electron chi connectivity index (χ1n) is 2.09. The molecular formula is C3H2AuBr2N2O2. The SMILES string of the molecule is O=C1CN(Br)C(=O)N1Br.[Au]. The van der Waals surface area contributed by atoms with Crippen LogP contribution in [0.3, 0.4) is 0 Å². The molecule has 0 aliphatic carbocycles. The van der Waals surface area contributed by atoms with Gasteiger partial charge in [0.05, 0.1) is 32.3 Å². The van der Waals surface area contributed by atoms with Crippen LogP contribution < -0.4 is 0 Å². The second-order valence-corrected chi connectivity index (χ2v) is 3.04. The molecule has 1 aliphatic heterocycles. The molecule has 0 aromatic rings. The minimum Gasteiger partial charge on any atom is -0.271 e. The Labute approximate surface area is 90.1 Å². The Hall–Kier alpha value is 0.640. The van der Waals surface area contributed by atoms with E-state index < -0.39 is 0 Å². The van der Waals surface area contributed by atoms with Crippen molar-refractivity contribution in [3.05, 3.63) is 0 Å². The molecule has 1 aliphatic rings. The molecule has 3 amide bonds. The van der Waals surface area contributed by atoms with Crippen LogP contribution in [0, 0.1) is 0 Å². The van der Waals surface area contributed by atoms with Gasteiger partial charge in [-0.3, -0.25) is 4.79 Å². The summed E-state index contributed by atoms with van der Waals surface area (Å²) in [4.78, 5) is 21.2. The van der Waals surface area contributed by atoms with E-state index in [0.29, 0.717) is 0 Å². The fourth-order valence-corrected chi connectivity index (χ4v) is 1.34. The van der Waals surface area contributed by atoms with Gasteiger partial charge in [-0.2, -0.15) is 3.93 Å². The topological polar surface area (TPSA) is 40.6 Å². The van der Waals surface area contributed by atoms with Crippen LogP contribution in [0.15, 0.2) is 0 Å². The Kier molecular flexibility index (Phi) is 4.12. The summed E-state index contributed by atoms with van der Waals surface area (Å²) < 4.78 is 2.02. The Morgan fingerprint density at radius 3 is 1.90 bits per heavy atom. The van der Waals surface area contributed by atoms with E-state index in [9.17, 15) is 9.59 Å². The Morgan fingerprint density at radius 1 is 1.30 bits per heavy atom. The summed E-state index contributed by atoms with van der Waals surface area (Å²) in [7, 11) is 0. The molecule has 7 heteroatoms. The molecule has 0 bridgehead atoms. The number of carbonyl (C=O) groups excluding carboxylic acids is 2. The van der Waals surface area contributed by atoms with Gasteiger partial charge in [0.15, 0.2) is 0 Å². The van der Waals surface area contributed by atoms with Crippen molar-refractivity contribution in [2.24, 2.45) is 0 Å². The van der Waals surface area contributed by atoms with Crippen LogP contribution in [0.5, 0.6) is 0 Å². The van der Waals surface area contributed by atoms with Crippen molar-refractivity contribution in [3.63, 3.8) is 0 Å². The summed E-state index contributed by atoms with van der Waals surface area (Å²) in [5.41, 5.74) is 0. The second kappa shape index (κ2) is 3.87. The van der Waals surface area contributed by atoms with Crippen LogP contribution in [0.25, 0.3) is 0 Å². The van der Waals surface area contributed by atoms with E-state index in [4.69, 9.17) is 0 Å². The second-order valence-electron chi connectivity index (χ2n) is 1.48. The number of hydrogen-bond donors (Lipinski definition) is 0. The number of carbonyl (C=O) groups is 2. The monoisotopic (exact) mass is 453 g/mol. The quantitative estimate of drug-likeness (QED) is 0.310. The van der Waals surface area contributed by atoms with Crippen LogP contribution in [0.1, 0.15) is 0 Å². The van der Waals surface area contributed by atoms with Gasteiger partial charge in [-0.25, -0.2) is 8.72 Å². The molecule has 0 unspecified atom stereocenters. The van der Waals surface area contributed by atoms with E-state index in [2.05, 4.69) is 32.3 Å². The van der Waals surface area contributed by atoms with Crippen molar-refractivity contribution in [2.45, 2.75) is 0 Å². The van der Waals surface area contributed by atoms with Crippen molar-refractivity contribution in [2.75, 3.05) is 6.54 Å². The van der Waals surface area contributed by atoms with Crippen molar-refractivity contribution < 1.29 is 32.0 Å². The van der Waals surface area contributed by atoms with E-state index in [1.807, 2.05) is 0 Å². The van der Waals surface area contributed by atoms with Crippen molar-refractivity contribution in [3.8, 4) is 0 Å². The molecular weight excluding hydrogens is 453 g/mol. The number of urea groups is 1. The molecule has 4 nitrogen and oxygen atoms in total. The maximum absolute atomic E-state index is 10.7. The van der Waals surface area contributed by atoms with Gasteiger partial charge in [0, 0.05) is 22.4 Å². The first-order valence-corrected chi connectivity index (χ1v) is 3.51. The van der Waals surface area contributed by atoms with E-state index in [1.54, 1.807) is 0 Å². The van der Waals surface area contributed by atoms with E-state index >= 15 is 0 Å². The van der Waals surface area contributed by atoms with Crippen LogP contribution in [-0.4, -0.2) is 26.3 Å². The van der Waals surface area contributed by atoms with Gasteiger partial charge < -0.3 is 0 Å². The number of hydrogen-bond acceptors (Lipinski definition) is 2. The summed E-state index contributed by atoms with van der Waals surface area (Å²) in [5, 5.41) is 0. The average Bonchev–Trinajstić information content (AvgIpc) is 1.98. The summed E-state index contributed by atoms with van der Waals surface area (Å²) in [5.74, 6) is -0.267. The van der Waals surface area contributed by atoms with Crippen molar-refractivity contribution >= 4 is 44.2 Å². The molecule has 1 fully saturated rings. The zero-order valence-electron chi connectivity index (χ0n) is 4.48. The third-order valence-electron chi connectivity index (χ3n) is 0.869. The van der Waals surface area contributed by atoms with Gasteiger partial charge in [-0.1, -0.05) is 0 Å². The van der Waals surface area contributed by atoms with Gasteiger partial charge >= 0.3 is 6.03 Å². The number of nitrogens with zero attached hydrogens (tertiary/aromatic N) is 2. The summed E-state index contributed by atoms with van der Waals surface area (Å²) in [6, 6.07) is -0.389. The fourth-order valence-electron chi connectivity index (χ4n) is 0.450. The number of rotatable bonds is 0. The van der Waals surface area contributed by atoms with E-state index in [0.717, 1.165) is 7.85 Å². The van der Waals surface area contributed by atoms with E-state index in [-0.39, 0.29) is 40.9 Å². The predicted molar refractivity (Wildman–Crippen MR) is 36.8 cm³/mol. The average molecular weight is 455 g/mol. The number of amides is 3. The third kappa shape index (κ3) is 1.82. The Bertz CT molecular complexity index is 176. The molecule has 0 aromatic heterocycles. The minimum absolute atomic E-state index is 0. The van der Waals surface area contributed by atoms with Gasteiger partial charge in [0.2, 0.25) is 0 Å². The summed E-state index contributed by atoms with van der Waals surface area (Å²) in [6.45, 7) is 0.0874. The smallest absolute Gasteiger partial charge is 0.271 e. The fraction of sp³-hybridized carbons (Fsp3) is 0.333. The van der Waals surface area contributed by atoms with Crippen LogP contribution in [0.2, 0.25) is 0 Å². The maximum Gasteiger partial charge on any atom is 0.347 e.